The molecule has 2 atom stereocenters. The maximum atomic E-state index is 9.11. The quantitative estimate of drug-likeness (QED) is 0.786. The van der Waals surface area contributed by atoms with Gasteiger partial charge in [-0.05, 0) is 58.9 Å². The first-order valence-corrected chi connectivity index (χ1v) is 8.58. The van der Waals surface area contributed by atoms with Crippen molar-refractivity contribution in [1.29, 1.82) is 0 Å². The van der Waals surface area contributed by atoms with E-state index in [-0.39, 0.29) is 11.0 Å². The van der Waals surface area contributed by atoms with E-state index in [9.17, 15) is 0 Å². The van der Waals surface area contributed by atoms with Gasteiger partial charge in [0.25, 0.3) is 0 Å². The van der Waals surface area contributed by atoms with E-state index in [4.69, 9.17) is 9.84 Å². The Hall–Kier alpha value is -0.160. The van der Waals surface area contributed by atoms with Gasteiger partial charge < -0.3 is 20.1 Å². The molecule has 0 aromatic rings. The zero-order valence-corrected chi connectivity index (χ0v) is 14.2. The number of aliphatic hydroxyl groups excluding tert-OH is 1. The highest BCUT2D eigenvalue weighted by atomic mass is 16.5. The van der Waals surface area contributed by atoms with Crippen LogP contribution in [0.5, 0.6) is 0 Å². The minimum absolute atomic E-state index is 0.162. The second-order valence-electron chi connectivity index (χ2n) is 8.16. The molecule has 0 aromatic carbocycles. The fourth-order valence-electron chi connectivity index (χ4n) is 3.63. The summed E-state index contributed by atoms with van der Waals surface area (Å²) in [5.74, 6) is 0.687. The van der Waals surface area contributed by atoms with Crippen molar-refractivity contribution in [2.24, 2.45) is 11.3 Å². The van der Waals surface area contributed by atoms with Crippen molar-refractivity contribution >= 4 is 0 Å². The van der Waals surface area contributed by atoms with Gasteiger partial charge >= 0.3 is 0 Å². The van der Waals surface area contributed by atoms with Gasteiger partial charge in [0, 0.05) is 43.8 Å². The SMILES string of the molecule is CC(C)(C)NCC1(CN2CCC(CCO)C2)CCCOC1. The Labute approximate surface area is 130 Å². The van der Waals surface area contributed by atoms with Crippen molar-refractivity contribution in [3.05, 3.63) is 0 Å². The lowest BCUT2D eigenvalue weighted by Crippen LogP contribution is -2.52. The van der Waals surface area contributed by atoms with Gasteiger partial charge in [0.1, 0.15) is 0 Å². The molecule has 4 heteroatoms. The number of nitrogens with zero attached hydrogens (tertiary/aromatic N) is 1. The van der Waals surface area contributed by atoms with Crippen molar-refractivity contribution < 1.29 is 9.84 Å². The number of nitrogens with one attached hydrogen (secondary N) is 1. The molecular formula is C17H34N2O2. The molecule has 0 bridgehead atoms. The molecule has 2 unspecified atom stereocenters. The van der Waals surface area contributed by atoms with E-state index < -0.39 is 0 Å². The molecule has 21 heavy (non-hydrogen) atoms. The summed E-state index contributed by atoms with van der Waals surface area (Å²) in [5.41, 5.74) is 0.425. The van der Waals surface area contributed by atoms with Crippen LogP contribution in [0.1, 0.15) is 46.5 Å². The van der Waals surface area contributed by atoms with Crippen molar-refractivity contribution in [3.63, 3.8) is 0 Å². The van der Waals surface area contributed by atoms with Crippen LogP contribution in [0.25, 0.3) is 0 Å². The topological polar surface area (TPSA) is 44.7 Å². The van der Waals surface area contributed by atoms with E-state index in [1.54, 1.807) is 0 Å². The second kappa shape index (κ2) is 7.40. The maximum absolute atomic E-state index is 9.11. The van der Waals surface area contributed by atoms with Crippen LogP contribution in [-0.4, -0.2) is 61.5 Å². The highest BCUT2D eigenvalue weighted by Gasteiger charge is 2.37. The van der Waals surface area contributed by atoms with E-state index in [1.807, 2.05) is 0 Å². The average molecular weight is 298 g/mol. The lowest BCUT2D eigenvalue weighted by atomic mass is 9.81. The smallest absolute Gasteiger partial charge is 0.0546 e. The first kappa shape index (κ1) is 17.2. The molecule has 2 saturated heterocycles. The Morgan fingerprint density at radius 3 is 2.81 bits per heavy atom. The predicted molar refractivity (Wildman–Crippen MR) is 86.5 cm³/mol. The summed E-state index contributed by atoms with van der Waals surface area (Å²) in [6.07, 6.45) is 4.64. The highest BCUT2D eigenvalue weighted by molar-refractivity contribution is 4.91. The molecule has 0 saturated carbocycles. The molecule has 2 N–H and O–H groups in total. The van der Waals surface area contributed by atoms with Crippen molar-refractivity contribution in [2.45, 2.75) is 52.0 Å². The molecule has 0 aromatic heterocycles. The van der Waals surface area contributed by atoms with Crippen molar-refractivity contribution in [1.82, 2.24) is 10.2 Å². The minimum Gasteiger partial charge on any atom is -0.396 e. The second-order valence-corrected chi connectivity index (χ2v) is 8.16. The molecule has 2 aliphatic rings. The van der Waals surface area contributed by atoms with Crippen LogP contribution < -0.4 is 5.32 Å². The zero-order valence-electron chi connectivity index (χ0n) is 14.2. The summed E-state index contributed by atoms with van der Waals surface area (Å²) in [4.78, 5) is 2.60. The molecule has 0 aliphatic carbocycles. The van der Waals surface area contributed by atoms with E-state index in [0.29, 0.717) is 12.5 Å². The molecule has 2 heterocycles. The Kier molecular flexibility index (Phi) is 6.06. The van der Waals surface area contributed by atoms with Crippen LogP contribution in [0.3, 0.4) is 0 Å². The van der Waals surface area contributed by atoms with Gasteiger partial charge in [0.2, 0.25) is 0 Å². The molecule has 2 fully saturated rings. The summed E-state index contributed by atoms with van der Waals surface area (Å²) >= 11 is 0. The Morgan fingerprint density at radius 1 is 1.38 bits per heavy atom. The van der Waals surface area contributed by atoms with Crippen LogP contribution in [0.4, 0.5) is 0 Å². The number of hydrogen-bond acceptors (Lipinski definition) is 4. The van der Waals surface area contributed by atoms with Gasteiger partial charge in [-0.2, -0.15) is 0 Å². The first-order chi connectivity index (χ1) is 9.92. The van der Waals surface area contributed by atoms with Crippen LogP contribution in [-0.2, 0) is 4.74 Å². The third-order valence-electron chi connectivity index (χ3n) is 4.86. The molecular weight excluding hydrogens is 264 g/mol. The number of hydrogen-bond donors (Lipinski definition) is 2. The highest BCUT2D eigenvalue weighted by Crippen LogP contribution is 2.32. The lowest BCUT2D eigenvalue weighted by Gasteiger charge is -2.42. The summed E-state index contributed by atoms with van der Waals surface area (Å²) in [6.45, 7) is 13.3. The van der Waals surface area contributed by atoms with E-state index >= 15 is 0 Å². The van der Waals surface area contributed by atoms with E-state index in [1.165, 1.54) is 25.8 Å². The van der Waals surface area contributed by atoms with Gasteiger partial charge in [-0.25, -0.2) is 0 Å². The summed E-state index contributed by atoms with van der Waals surface area (Å²) in [7, 11) is 0. The molecule has 124 valence electrons. The van der Waals surface area contributed by atoms with Gasteiger partial charge in [0.05, 0.1) is 6.61 Å². The van der Waals surface area contributed by atoms with Crippen LogP contribution in [0.2, 0.25) is 0 Å². The molecule has 0 spiro atoms. The standard InChI is InChI=1S/C17H34N2O2/c1-16(2,3)18-12-17(7-4-10-21-14-17)13-19-8-5-15(11-19)6-9-20/h15,18,20H,4-14H2,1-3H3. The first-order valence-electron chi connectivity index (χ1n) is 8.58. The van der Waals surface area contributed by atoms with E-state index in [2.05, 4.69) is 31.0 Å². The Bertz CT molecular complexity index is 308. The fraction of sp³-hybridized carbons (Fsp3) is 1.00. The average Bonchev–Trinajstić information content (AvgIpc) is 2.85. The van der Waals surface area contributed by atoms with Gasteiger partial charge in [-0.1, -0.05) is 0 Å². The Balaban J connectivity index is 1.90. The van der Waals surface area contributed by atoms with Crippen molar-refractivity contribution in [3.8, 4) is 0 Å². The monoisotopic (exact) mass is 298 g/mol. The normalized spacial score (nSPS) is 31.7. The zero-order chi connectivity index (χ0) is 15.3. The number of aliphatic hydroxyl groups is 1. The maximum Gasteiger partial charge on any atom is 0.0546 e. The number of rotatable bonds is 6. The van der Waals surface area contributed by atoms with Crippen LogP contribution >= 0.6 is 0 Å². The third kappa shape index (κ3) is 5.51. The summed E-state index contributed by atoms with van der Waals surface area (Å²) in [5, 5.41) is 12.8. The summed E-state index contributed by atoms with van der Waals surface area (Å²) < 4.78 is 5.83. The molecule has 0 amide bonds. The molecule has 4 nitrogen and oxygen atoms in total. The Morgan fingerprint density at radius 2 is 2.19 bits per heavy atom. The van der Waals surface area contributed by atoms with Crippen LogP contribution in [0, 0.1) is 11.3 Å². The van der Waals surface area contributed by atoms with Crippen LogP contribution in [0.15, 0.2) is 0 Å². The minimum atomic E-state index is 0.162. The predicted octanol–water partition coefficient (Wildman–Crippen LogP) is 1.88. The van der Waals surface area contributed by atoms with Gasteiger partial charge in [-0.3, -0.25) is 0 Å². The number of likely N-dealkylation sites (tertiary alicyclic amines) is 1. The van der Waals surface area contributed by atoms with Crippen molar-refractivity contribution in [2.75, 3.05) is 46.0 Å². The third-order valence-corrected chi connectivity index (χ3v) is 4.86. The van der Waals surface area contributed by atoms with E-state index in [0.717, 1.165) is 39.3 Å². The fourth-order valence-corrected chi connectivity index (χ4v) is 3.63. The molecule has 0 radical (unpaired) electrons. The van der Waals surface area contributed by atoms with Gasteiger partial charge in [0.15, 0.2) is 0 Å². The number of ether oxygens (including phenoxy) is 1. The lowest BCUT2D eigenvalue weighted by molar-refractivity contribution is -0.0262. The van der Waals surface area contributed by atoms with Gasteiger partial charge in [-0.15, -0.1) is 0 Å². The molecule has 2 aliphatic heterocycles. The molecule has 2 rings (SSSR count). The summed E-state index contributed by atoms with van der Waals surface area (Å²) in [6, 6.07) is 0. The largest absolute Gasteiger partial charge is 0.396 e.